The second kappa shape index (κ2) is 9.33. The number of nitrogens with zero attached hydrogens (tertiary/aromatic N) is 2. The van der Waals surface area contributed by atoms with Crippen molar-refractivity contribution < 1.29 is 28.8 Å². The highest BCUT2D eigenvalue weighted by atomic mass is 35.5. The van der Waals surface area contributed by atoms with Gasteiger partial charge in [-0.3, -0.25) is 24.5 Å². The summed E-state index contributed by atoms with van der Waals surface area (Å²) >= 11 is 38.9. The summed E-state index contributed by atoms with van der Waals surface area (Å²) in [4.78, 5) is 59.2. The predicted molar refractivity (Wildman–Crippen MR) is 144 cm³/mol. The minimum Gasteiger partial charge on any atom is -0.454 e. The number of halogens is 6. The molecule has 202 valence electrons. The molecule has 2 bridgehead atoms. The van der Waals surface area contributed by atoms with Gasteiger partial charge in [0.05, 0.1) is 38.1 Å². The predicted octanol–water partition coefficient (Wildman–Crippen LogP) is 5.59. The zero-order valence-electron chi connectivity index (χ0n) is 19.0. The number of fused-ring (bicyclic) bond motifs is 5. The zero-order chi connectivity index (χ0) is 28.7. The number of esters is 1. The molecule has 0 spiro atoms. The summed E-state index contributed by atoms with van der Waals surface area (Å²) in [6.07, 6.45) is 0. The molecule has 3 aliphatic rings. The molecule has 15 heteroatoms. The molecule has 2 fully saturated rings. The van der Waals surface area contributed by atoms with Crippen molar-refractivity contribution in [3.63, 3.8) is 0 Å². The highest BCUT2D eigenvalue weighted by molar-refractivity contribution is 6.67. The van der Waals surface area contributed by atoms with E-state index in [2.05, 4.69) is 0 Å². The lowest BCUT2D eigenvalue weighted by atomic mass is 9.84. The number of non-ortho nitro benzene ring substituents is 1. The summed E-state index contributed by atoms with van der Waals surface area (Å²) in [5.74, 6) is -5.94. The van der Waals surface area contributed by atoms with Crippen LogP contribution in [0.25, 0.3) is 0 Å². The standard InChI is InChI=1S/C24H12Cl6N2O7/c25-17-18(26)23(28)16-15(22(17,27)24(23,29)30)19(34)31(20(16)35)12-5-2-4-11(8-12)21(36)39-9-14(33)10-3-1-6-13(7-10)32(37)38/h1-8,15-16H,9H2/t15-,16-,22+,23+/m1/s1. The van der Waals surface area contributed by atoms with Crippen LogP contribution in [-0.2, 0) is 14.3 Å². The Balaban J connectivity index is 1.38. The molecule has 1 saturated carbocycles. The van der Waals surface area contributed by atoms with E-state index in [0.717, 1.165) is 11.0 Å². The molecule has 2 aliphatic carbocycles. The number of allylic oxidation sites excluding steroid dienone is 2. The first-order chi connectivity index (χ1) is 18.2. The first kappa shape index (κ1) is 28.1. The minimum atomic E-state index is -2.08. The van der Waals surface area contributed by atoms with Crippen LogP contribution >= 0.6 is 69.6 Å². The number of nitro groups is 1. The number of carbonyl (C=O) groups is 4. The maximum atomic E-state index is 13.5. The van der Waals surface area contributed by atoms with Crippen molar-refractivity contribution in [1.82, 2.24) is 0 Å². The monoisotopic (exact) mass is 650 g/mol. The first-order valence-electron chi connectivity index (χ1n) is 10.9. The second-order valence-corrected chi connectivity index (χ2v) is 12.2. The van der Waals surface area contributed by atoms with Crippen LogP contribution in [0.1, 0.15) is 20.7 Å². The Morgan fingerprint density at radius 1 is 0.897 bits per heavy atom. The number of imide groups is 1. The Morgan fingerprint density at radius 2 is 1.44 bits per heavy atom. The fraction of sp³-hybridized carbons (Fsp3) is 0.250. The third kappa shape index (κ3) is 3.67. The number of anilines is 1. The molecule has 1 heterocycles. The number of alkyl halides is 4. The zero-order valence-corrected chi connectivity index (χ0v) is 23.5. The van der Waals surface area contributed by atoms with E-state index in [-0.39, 0.29) is 32.6 Å². The van der Waals surface area contributed by atoms with E-state index in [1.54, 1.807) is 0 Å². The first-order valence-corrected chi connectivity index (χ1v) is 13.2. The fourth-order valence-corrected chi connectivity index (χ4v) is 8.04. The number of benzene rings is 2. The SMILES string of the molecule is O=C(COC(=O)c1cccc(N2C(=O)[C@H]3[C@H](C2=O)[C@]2(Cl)C(Cl)=C(Cl)[C@]3(Cl)C2(Cl)Cl)c1)c1cccc([N+](=O)[O-])c1. The number of carbonyl (C=O) groups excluding carboxylic acids is 4. The van der Waals surface area contributed by atoms with Crippen LogP contribution in [0.3, 0.4) is 0 Å². The van der Waals surface area contributed by atoms with Gasteiger partial charge < -0.3 is 4.74 Å². The smallest absolute Gasteiger partial charge is 0.338 e. The van der Waals surface area contributed by atoms with Crippen molar-refractivity contribution in [2.75, 3.05) is 11.5 Å². The van der Waals surface area contributed by atoms with E-state index < -0.39 is 61.0 Å². The summed E-state index contributed by atoms with van der Waals surface area (Å²) in [5.41, 5.74) is -0.431. The number of Topliss-reactive ketones (excluding diaryl/α,β-unsaturated/α-hetero) is 1. The van der Waals surface area contributed by atoms with Crippen molar-refractivity contribution in [2.24, 2.45) is 11.8 Å². The summed E-state index contributed by atoms with van der Waals surface area (Å²) in [7, 11) is 0. The molecule has 0 radical (unpaired) electrons. The molecule has 1 aliphatic heterocycles. The Bertz CT molecular complexity index is 1500. The molecule has 1 saturated heterocycles. The second-order valence-electron chi connectivity index (χ2n) is 8.95. The van der Waals surface area contributed by atoms with E-state index in [9.17, 15) is 29.3 Å². The summed E-state index contributed by atoms with van der Waals surface area (Å²) in [5, 5.41) is 10.5. The number of hydrogen-bond acceptors (Lipinski definition) is 7. The fourth-order valence-electron chi connectivity index (χ4n) is 5.11. The van der Waals surface area contributed by atoms with Gasteiger partial charge in [-0.05, 0) is 18.2 Å². The van der Waals surface area contributed by atoms with Gasteiger partial charge in [0, 0.05) is 17.7 Å². The average molecular weight is 653 g/mol. The number of rotatable bonds is 6. The molecule has 2 aromatic rings. The van der Waals surface area contributed by atoms with Crippen molar-refractivity contribution in [1.29, 1.82) is 0 Å². The summed E-state index contributed by atoms with van der Waals surface area (Å²) in [6.45, 7) is -0.713. The normalized spacial score (nSPS) is 28.6. The van der Waals surface area contributed by atoms with Crippen LogP contribution in [-0.4, -0.2) is 49.2 Å². The molecular weight excluding hydrogens is 641 g/mol. The van der Waals surface area contributed by atoms with Crippen LogP contribution in [0.5, 0.6) is 0 Å². The highest BCUT2D eigenvalue weighted by Crippen LogP contribution is 2.77. The maximum absolute atomic E-state index is 13.5. The average Bonchev–Trinajstić information content (AvgIpc) is 3.30. The van der Waals surface area contributed by atoms with Gasteiger partial charge in [0.1, 0.15) is 9.75 Å². The van der Waals surface area contributed by atoms with Gasteiger partial charge in [0.15, 0.2) is 10.9 Å². The largest absolute Gasteiger partial charge is 0.454 e. The lowest BCUT2D eigenvalue weighted by Crippen LogP contribution is -2.50. The van der Waals surface area contributed by atoms with Gasteiger partial charge in [0.25, 0.3) is 5.69 Å². The van der Waals surface area contributed by atoms with Gasteiger partial charge in [-0.15, -0.1) is 23.2 Å². The molecule has 2 aromatic carbocycles. The third-order valence-corrected chi connectivity index (χ3v) is 11.2. The van der Waals surface area contributed by atoms with Gasteiger partial charge in [-0.1, -0.05) is 64.6 Å². The molecular formula is C24H12Cl6N2O7. The molecule has 4 atom stereocenters. The van der Waals surface area contributed by atoms with Crippen LogP contribution in [0.4, 0.5) is 11.4 Å². The van der Waals surface area contributed by atoms with E-state index in [4.69, 9.17) is 74.3 Å². The molecule has 0 N–H and O–H groups in total. The molecule has 39 heavy (non-hydrogen) atoms. The highest BCUT2D eigenvalue weighted by Gasteiger charge is 2.87. The van der Waals surface area contributed by atoms with Gasteiger partial charge in [-0.25, -0.2) is 9.69 Å². The lowest BCUT2D eigenvalue weighted by molar-refractivity contribution is -0.384. The topological polar surface area (TPSA) is 124 Å². The van der Waals surface area contributed by atoms with Crippen LogP contribution in [0.15, 0.2) is 58.6 Å². The number of ether oxygens (including phenoxy) is 1. The van der Waals surface area contributed by atoms with Crippen LogP contribution in [0, 0.1) is 22.0 Å². The van der Waals surface area contributed by atoms with E-state index in [1.165, 1.54) is 42.5 Å². The van der Waals surface area contributed by atoms with Gasteiger partial charge >= 0.3 is 5.97 Å². The van der Waals surface area contributed by atoms with Crippen molar-refractivity contribution >= 4 is 105 Å². The minimum absolute atomic E-state index is 0.0132. The third-order valence-electron chi connectivity index (χ3n) is 6.96. The number of nitro benzene ring substituents is 1. The molecule has 9 nitrogen and oxygen atoms in total. The molecule has 0 unspecified atom stereocenters. The van der Waals surface area contributed by atoms with Crippen molar-refractivity contribution in [3.8, 4) is 0 Å². The summed E-state index contributed by atoms with van der Waals surface area (Å²) < 4.78 is 2.97. The van der Waals surface area contributed by atoms with Crippen LogP contribution < -0.4 is 4.90 Å². The summed E-state index contributed by atoms with van der Waals surface area (Å²) in [6, 6.07) is 10.2. The number of ketones is 1. The Morgan fingerprint density at radius 3 is 2.00 bits per heavy atom. The van der Waals surface area contributed by atoms with Crippen molar-refractivity contribution in [3.05, 3.63) is 79.8 Å². The van der Waals surface area contributed by atoms with E-state index in [0.29, 0.717) is 0 Å². The van der Waals surface area contributed by atoms with E-state index in [1.807, 2.05) is 0 Å². The Hall–Kier alpha value is -2.40. The van der Waals surface area contributed by atoms with E-state index >= 15 is 0 Å². The maximum Gasteiger partial charge on any atom is 0.338 e. The number of amides is 2. The molecule has 0 aromatic heterocycles. The quantitative estimate of drug-likeness (QED) is 0.0996. The Labute approximate surface area is 249 Å². The van der Waals surface area contributed by atoms with Crippen molar-refractivity contribution in [2.45, 2.75) is 14.1 Å². The Kier molecular flexibility index (Phi) is 6.73. The van der Waals surface area contributed by atoms with Crippen LogP contribution in [0.2, 0.25) is 0 Å². The molecule has 2 amide bonds. The number of hydrogen-bond donors (Lipinski definition) is 0. The lowest BCUT2D eigenvalue weighted by Gasteiger charge is -2.34. The van der Waals surface area contributed by atoms with Gasteiger partial charge in [0.2, 0.25) is 17.6 Å². The molecule has 5 rings (SSSR count). The van der Waals surface area contributed by atoms with Gasteiger partial charge in [-0.2, -0.15) is 0 Å².